The number of rotatable bonds is 5. The molecule has 1 rings (SSSR count). The van der Waals surface area contributed by atoms with E-state index in [-0.39, 0.29) is 5.91 Å². The Labute approximate surface area is 95.8 Å². The minimum absolute atomic E-state index is 0.215. The molecule has 0 bridgehead atoms. The third kappa shape index (κ3) is 3.55. The molecule has 0 aliphatic heterocycles. The molecule has 0 saturated heterocycles. The number of amides is 1. The topological polar surface area (TPSA) is 64.3 Å². The van der Waals surface area contributed by atoms with Crippen LogP contribution in [-0.4, -0.2) is 18.6 Å². The predicted molar refractivity (Wildman–Crippen MR) is 64.5 cm³/mol. The Morgan fingerprint density at radius 3 is 2.81 bits per heavy atom. The number of nitrogens with two attached hydrogens (primary N) is 1. The van der Waals surface area contributed by atoms with Crippen LogP contribution < -0.4 is 15.8 Å². The number of benzene rings is 1. The molecule has 4 nitrogen and oxygen atoms in total. The van der Waals surface area contributed by atoms with Crippen molar-refractivity contribution in [1.29, 1.82) is 0 Å². The lowest BCUT2D eigenvalue weighted by molar-refractivity contribution is -0.117. The van der Waals surface area contributed by atoms with Gasteiger partial charge >= 0.3 is 0 Å². The second kappa shape index (κ2) is 6.12. The second-order valence-electron chi connectivity index (χ2n) is 3.62. The van der Waals surface area contributed by atoms with Crippen LogP contribution in [0.4, 0.5) is 5.69 Å². The number of hydrogen-bond donors (Lipinski definition) is 2. The van der Waals surface area contributed by atoms with Crippen LogP contribution in [0.1, 0.15) is 20.3 Å². The lowest BCUT2D eigenvalue weighted by atomic mass is 10.2. The quantitative estimate of drug-likeness (QED) is 0.798. The van der Waals surface area contributed by atoms with Gasteiger partial charge in [0.25, 0.3) is 0 Å². The van der Waals surface area contributed by atoms with E-state index in [4.69, 9.17) is 10.5 Å². The van der Waals surface area contributed by atoms with E-state index in [1.807, 2.05) is 25.1 Å². The van der Waals surface area contributed by atoms with E-state index in [0.29, 0.717) is 18.0 Å². The largest absolute Gasteiger partial charge is 0.491 e. The van der Waals surface area contributed by atoms with Gasteiger partial charge in [0, 0.05) is 0 Å². The average Bonchev–Trinajstić information content (AvgIpc) is 2.27. The maximum absolute atomic E-state index is 11.4. The van der Waals surface area contributed by atoms with Crippen molar-refractivity contribution in [1.82, 2.24) is 0 Å². The number of ether oxygens (including phenoxy) is 1. The van der Waals surface area contributed by atoms with E-state index in [2.05, 4.69) is 5.32 Å². The van der Waals surface area contributed by atoms with Crippen molar-refractivity contribution in [2.75, 3.05) is 11.9 Å². The normalized spacial score (nSPS) is 11.9. The molecule has 0 heterocycles. The second-order valence-corrected chi connectivity index (χ2v) is 3.62. The highest BCUT2D eigenvalue weighted by molar-refractivity contribution is 5.95. The predicted octanol–water partition coefficient (Wildman–Crippen LogP) is 1.76. The fourth-order valence-electron chi connectivity index (χ4n) is 1.15. The molecule has 1 amide bonds. The van der Waals surface area contributed by atoms with Gasteiger partial charge in [-0.1, -0.05) is 19.1 Å². The maximum atomic E-state index is 11.4. The molecule has 1 atom stereocenters. The first-order valence-corrected chi connectivity index (χ1v) is 5.43. The molecule has 0 aliphatic carbocycles. The Kier molecular flexibility index (Phi) is 4.79. The van der Waals surface area contributed by atoms with Crippen LogP contribution in [0.5, 0.6) is 5.75 Å². The lowest BCUT2D eigenvalue weighted by Gasteiger charge is -2.12. The van der Waals surface area contributed by atoms with Crippen LogP contribution in [0.2, 0.25) is 0 Å². The van der Waals surface area contributed by atoms with Crippen molar-refractivity contribution in [3.63, 3.8) is 0 Å². The van der Waals surface area contributed by atoms with Gasteiger partial charge in [0.05, 0.1) is 18.3 Å². The first kappa shape index (κ1) is 12.5. The van der Waals surface area contributed by atoms with E-state index in [1.54, 1.807) is 13.0 Å². The van der Waals surface area contributed by atoms with Gasteiger partial charge in [-0.25, -0.2) is 0 Å². The monoisotopic (exact) mass is 222 g/mol. The highest BCUT2D eigenvalue weighted by atomic mass is 16.5. The Balaban J connectivity index is 2.74. The van der Waals surface area contributed by atoms with Crippen LogP contribution in [0.3, 0.4) is 0 Å². The summed E-state index contributed by atoms with van der Waals surface area (Å²) in [6, 6.07) is 6.80. The summed E-state index contributed by atoms with van der Waals surface area (Å²) in [4.78, 5) is 11.4. The Morgan fingerprint density at radius 2 is 2.19 bits per heavy atom. The molecule has 0 aliphatic rings. The molecule has 0 fully saturated rings. The summed E-state index contributed by atoms with van der Waals surface area (Å²) < 4.78 is 5.51. The molecular weight excluding hydrogens is 204 g/mol. The van der Waals surface area contributed by atoms with E-state index in [1.165, 1.54) is 0 Å². The van der Waals surface area contributed by atoms with Gasteiger partial charge in [0.15, 0.2) is 0 Å². The zero-order valence-corrected chi connectivity index (χ0v) is 9.69. The molecule has 0 spiro atoms. The Bertz CT molecular complexity index is 351. The minimum atomic E-state index is -0.528. The molecule has 0 saturated carbocycles. The highest BCUT2D eigenvalue weighted by Crippen LogP contribution is 2.23. The molecule has 1 aromatic rings. The van der Waals surface area contributed by atoms with Gasteiger partial charge in [0.1, 0.15) is 5.75 Å². The van der Waals surface area contributed by atoms with Crippen LogP contribution in [0, 0.1) is 0 Å². The number of para-hydroxylation sites is 2. The first-order chi connectivity index (χ1) is 7.65. The third-order valence-electron chi connectivity index (χ3n) is 2.02. The van der Waals surface area contributed by atoms with E-state index in [9.17, 15) is 4.79 Å². The third-order valence-corrected chi connectivity index (χ3v) is 2.02. The van der Waals surface area contributed by atoms with Crippen molar-refractivity contribution in [2.45, 2.75) is 26.3 Å². The molecule has 88 valence electrons. The standard InChI is InChI=1S/C12H18N2O2/c1-3-8-16-11-7-5-4-6-10(11)14-12(15)9(2)13/h4-7,9H,3,8,13H2,1-2H3,(H,14,15)/t9-/m0/s1. The molecule has 0 radical (unpaired) electrons. The number of carbonyl (C=O) groups is 1. The summed E-state index contributed by atoms with van der Waals surface area (Å²) >= 11 is 0. The smallest absolute Gasteiger partial charge is 0.241 e. The summed E-state index contributed by atoms with van der Waals surface area (Å²) in [5.41, 5.74) is 6.15. The number of hydrogen-bond acceptors (Lipinski definition) is 3. The van der Waals surface area contributed by atoms with Gasteiger partial charge < -0.3 is 15.8 Å². The molecular formula is C12H18N2O2. The fourth-order valence-corrected chi connectivity index (χ4v) is 1.15. The molecule has 3 N–H and O–H groups in total. The summed E-state index contributed by atoms with van der Waals surface area (Å²) in [5.74, 6) is 0.464. The van der Waals surface area contributed by atoms with Gasteiger partial charge in [-0.05, 0) is 25.5 Å². The molecule has 0 aromatic heterocycles. The SMILES string of the molecule is CCCOc1ccccc1NC(=O)[C@H](C)N. The van der Waals surface area contributed by atoms with Gasteiger partial charge in [-0.2, -0.15) is 0 Å². The van der Waals surface area contributed by atoms with E-state index < -0.39 is 6.04 Å². The fraction of sp³-hybridized carbons (Fsp3) is 0.417. The van der Waals surface area contributed by atoms with Crippen LogP contribution in [0.15, 0.2) is 24.3 Å². The summed E-state index contributed by atoms with van der Waals surface area (Å²) in [6.07, 6.45) is 0.926. The number of nitrogens with one attached hydrogen (secondary N) is 1. The van der Waals surface area contributed by atoms with E-state index in [0.717, 1.165) is 6.42 Å². The molecule has 4 heteroatoms. The molecule has 1 aromatic carbocycles. The number of carbonyl (C=O) groups excluding carboxylic acids is 1. The average molecular weight is 222 g/mol. The van der Waals surface area contributed by atoms with Crippen molar-refractivity contribution in [3.05, 3.63) is 24.3 Å². The maximum Gasteiger partial charge on any atom is 0.241 e. The van der Waals surface area contributed by atoms with Crippen LogP contribution in [-0.2, 0) is 4.79 Å². The first-order valence-electron chi connectivity index (χ1n) is 5.43. The highest BCUT2D eigenvalue weighted by Gasteiger charge is 2.10. The van der Waals surface area contributed by atoms with Crippen LogP contribution >= 0.6 is 0 Å². The summed E-state index contributed by atoms with van der Waals surface area (Å²) in [6.45, 7) is 4.30. The molecule has 0 unspecified atom stereocenters. The Hall–Kier alpha value is -1.55. The van der Waals surface area contributed by atoms with E-state index >= 15 is 0 Å². The van der Waals surface area contributed by atoms with Crippen LogP contribution in [0.25, 0.3) is 0 Å². The lowest BCUT2D eigenvalue weighted by Crippen LogP contribution is -2.32. The molecule has 16 heavy (non-hydrogen) atoms. The Morgan fingerprint density at radius 1 is 1.50 bits per heavy atom. The zero-order valence-electron chi connectivity index (χ0n) is 9.69. The van der Waals surface area contributed by atoms with Crippen molar-refractivity contribution >= 4 is 11.6 Å². The van der Waals surface area contributed by atoms with Crippen molar-refractivity contribution < 1.29 is 9.53 Å². The summed E-state index contributed by atoms with van der Waals surface area (Å²) in [7, 11) is 0. The van der Waals surface area contributed by atoms with Crippen molar-refractivity contribution in [2.24, 2.45) is 5.73 Å². The van der Waals surface area contributed by atoms with Gasteiger partial charge in [0.2, 0.25) is 5.91 Å². The van der Waals surface area contributed by atoms with Gasteiger partial charge in [-0.15, -0.1) is 0 Å². The van der Waals surface area contributed by atoms with Crippen molar-refractivity contribution in [3.8, 4) is 5.75 Å². The number of anilines is 1. The summed E-state index contributed by atoms with van der Waals surface area (Å²) in [5, 5.41) is 2.73. The zero-order chi connectivity index (χ0) is 12.0. The minimum Gasteiger partial charge on any atom is -0.491 e. The van der Waals surface area contributed by atoms with Gasteiger partial charge in [-0.3, -0.25) is 4.79 Å².